The zero-order valence-corrected chi connectivity index (χ0v) is 11.1. The van der Waals surface area contributed by atoms with Crippen LogP contribution in [0, 0.1) is 0 Å². The van der Waals surface area contributed by atoms with E-state index in [2.05, 4.69) is 4.99 Å². The van der Waals surface area contributed by atoms with E-state index in [4.69, 9.17) is 0 Å². The fourth-order valence-electron chi connectivity index (χ4n) is 2.56. The van der Waals surface area contributed by atoms with Gasteiger partial charge >= 0.3 is 12.1 Å². The molecule has 0 unspecified atom stereocenters. The molecule has 0 aliphatic carbocycles. The highest BCUT2D eigenvalue weighted by Crippen LogP contribution is 2.35. The normalized spacial score (nSPS) is 16.4. The fraction of sp³-hybridized carbons (Fsp3) is 0.429. The van der Waals surface area contributed by atoms with E-state index in [0.717, 1.165) is 10.5 Å². The Morgan fingerprint density at radius 2 is 1.86 bits per heavy atom. The van der Waals surface area contributed by atoms with Crippen molar-refractivity contribution in [1.29, 1.82) is 0 Å². The number of halogens is 3. The molecule has 1 saturated heterocycles. The van der Waals surface area contributed by atoms with Gasteiger partial charge in [0.25, 0.3) is 0 Å². The number of benzene rings is 1. The highest BCUT2D eigenvalue weighted by molar-refractivity contribution is 5.82. The minimum absolute atomic E-state index is 0.0180. The highest BCUT2D eigenvalue weighted by atomic mass is 19.4. The number of amides is 1. The van der Waals surface area contributed by atoms with E-state index in [9.17, 15) is 22.8 Å². The number of carbonyl (C=O) groups excluding carboxylic acids is 2. The number of carbonyl (C=O) groups is 1. The van der Waals surface area contributed by atoms with Crippen molar-refractivity contribution in [3.8, 4) is 0 Å². The topological polar surface area (TPSA) is 49.7 Å². The summed E-state index contributed by atoms with van der Waals surface area (Å²) in [5.41, 5.74) is 1.29. The maximum atomic E-state index is 12.4. The van der Waals surface area contributed by atoms with Gasteiger partial charge in [0.05, 0.1) is 5.69 Å². The van der Waals surface area contributed by atoms with Crippen LogP contribution >= 0.6 is 0 Å². The Labute approximate surface area is 119 Å². The first-order valence-electron chi connectivity index (χ1n) is 6.46. The molecule has 0 bridgehead atoms. The summed E-state index contributed by atoms with van der Waals surface area (Å²) >= 11 is 0. The predicted octanol–water partition coefficient (Wildman–Crippen LogP) is 2.92. The second-order valence-electron chi connectivity index (χ2n) is 4.83. The molecule has 1 amide bonds. The van der Waals surface area contributed by atoms with Crippen molar-refractivity contribution in [2.24, 2.45) is 4.99 Å². The summed E-state index contributed by atoms with van der Waals surface area (Å²) in [4.78, 5) is 26.0. The summed E-state index contributed by atoms with van der Waals surface area (Å²) in [6.45, 7) is 0.0876. The third-order valence-corrected chi connectivity index (χ3v) is 3.57. The van der Waals surface area contributed by atoms with Crippen LogP contribution < -0.4 is 0 Å². The average molecular weight is 298 g/mol. The summed E-state index contributed by atoms with van der Waals surface area (Å²) < 4.78 is 37.1. The maximum Gasteiger partial charge on any atom is 0.471 e. The van der Waals surface area contributed by atoms with Crippen molar-refractivity contribution in [3.63, 3.8) is 0 Å². The van der Waals surface area contributed by atoms with Crippen molar-refractivity contribution < 1.29 is 22.8 Å². The lowest BCUT2D eigenvalue weighted by molar-refractivity contribution is -0.186. The third kappa shape index (κ3) is 3.49. The second kappa shape index (κ2) is 6.10. The highest BCUT2D eigenvalue weighted by Gasteiger charge is 2.43. The van der Waals surface area contributed by atoms with Gasteiger partial charge in [-0.2, -0.15) is 18.2 Å². The molecule has 21 heavy (non-hydrogen) atoms. The van der Waals surface area contributed by atoms with Crippen molar-refractivity contribution in [2.75, 3.05) is 13.1 Å². The third-order valence-electron chi connectivity index (χ3n) is 3.57. The van der Waals surface area contributed by atoms with Crippen LogP contribution in [0.5, 0.6) is 0 Å². The Bertz CT molecular complexity index is 572. The van der Waals surface area contributed by atoms with Gasteiger partial charge in [0.15, 0.2) is 0 Å². The Hall–Kier alpha value is -2.14. The lowest BCUT2D eigenvalue weighted by Gasteiger charge is -2.32. The number of likely N-dealkylation sites (tertiary alicyclic amines) is 1. The van der Waals surface area contributed by atoms with Gasteiger partial charge in [-0.3, -0.25) is 4.79 Å². The molecule has 2 rings (SSSR count). The molecule has 1 fully saturated rings. The van der Waals surface area contributed by atoms with E-state index in [1.54, 1.807) is 24.3 Å². The van der Waals surface area contributed by atoms with Gasteiger partial charge < -0.3 is 4.90 Å². The number of hydrogen-bond donors (Lipinski definition) is 0. The lowest BCUT2D eigenvalue weighted by atomic mass is 9.88. The molecule has 0 aromatic heterocycles. The van der Waals surface area contributed by atoms with E-state index in [0.29, 0.717) is 18.5 Å². The molecule has 0 saturated carbocycles. The van der Waals surface area contributed by atoms with Gasteiger partial charge in [-0.25, -0.2) is 4.79 Å². The number of hydrogen-bond acceptors (Lipinski definition) is 3. The van der Waals surface area contributed by atoms with Crippen LogP contribution in [0.3, 0.4) is 0 Å². The molecule has 1 aromatic rings. The molecule has 1 heterocycles. The van der Waals surface area contributed by atoms with Gasteiger partial charge in [0, 0.05) is 13.1 Å². The van der Waals surface area contributed by atoms with Crippen LogP contribution in [-0.4, -0.2) is 36.2 Å². The predicted molar refractivity (Wildman–Crippen MR) is 68.8 cm³/mol. The van der Waals surface area contributed by atoms with Crippen LogP contribution in [0.1, 0.15) is 24.3 Å². The molecule has 1 aliphatic heterocycles. The van der Waals surface area contributed by atoms with E-state index in [1.165, 1.54) is 6.08 Å². The van der Waals surface area contributed by atoms with Crippen molar-refractivity contribution >= 4 is 17.7 Å². The first-order chi connectivity index (χ1) is 9.93. The molecule has 1 aliphatic rings. The number of piperidine rings is 1. The molecule has 0 radical (unpaired) electrons. The van der Waals surface area contributed by atoms with Crippen LogP contribution in [0.25, 0.3) is 0 Å². The number of nitrogens with zero attached hydrogens (tertiary/aromatic N) is 2. The maximum absolute atomic E-state index is 12.4. The molecule has 7 heteroatoms. The molecule has 112 valence electrons. The van der Waals surface area contributed by atoms with Crippen molar-refractivity contribution in [3.05, 3.63) is 29.8 Å². The summed E-state index contributed by atoms with van der Waals surface area (Å²) in [7, 11) is 0. The summed E-state index contributed by atoms with van der Waals surface area (Å²) in [6.07, 6.45) is -2.53. The average Bonchev–Trinajstić information content (AvgIpc) is 2.47. The summed E-state index contributed by atoms with van der Waals surface area (Å²) in [6, 6.07) is 6.96. The molecule has 0 N–H and O–H groups in total. The number of para-hydroxylation sites is 1. The minimum atomic E-state index is -4.83. The number of isocyanates is 1. The summed E-state index contributed by atoms with van der Waals surface area (Å²) in [5, 5.41) is 0. The molecule has 0 spiro atoms. The Morgan fingerprint density at radius 3 is 2.43 bits per heavy atom. The summed E-state index contributed by atoms with van der Waals surface area (Å²) in [5.74, 6) is -1.81. The standard InChI is InChI=1S/C14H13F3N2O2/c15-14(16,17)13(21)19-7-5-10(6-8-19)11-3-1-2-4-12(11)18-9-20/h1-4,10H,5-8H2. The number of alkyl halides is 3. The van der Waals surface area contributed by atoms with Gasteiger partial charge in [-0.15, -0.1) is 0 Å². The van der Waals surface area contributed by atoms with Gasteiger partial charge in [0.1, 0.15) is 0 Å². The number of aliphatic imine (C=N–C) groups is 1. The zero-order chi connectivity index (χ0) is 15.5. The zero-order valence-electron chi connectivity index (χ0n) is 11.1. The molecular formula is C14H13F3N2O2. The lowest BCUT2D eigenvalue weighted by Crippen LogP contribution is -2.45. The van der Waals surface area contributed by atoms with E-state index < -0.39 is 12.1 Å². The van der Waals surface area contributed by atoms with E-state index in [1.807, 2.05) is 0 Å². The van der Waals surface area contributed by atoms with Crippen molar-refractivity contribution in [1.82, 2.24) is 4.90 Å². The van der Waals surface area contributed by atoms with Crippen LogP contribution in [-0.2, 0) is 9.59 Å². The SMILES string of the molecule is O=C=Nc1ccccc1C1CCN(C(=O)C(F)(F)F)CC1. The van der Waals surface area contributed by atoms with Crippen LogP contribution in [0.4, 0.5) is 18.9 Å². The largest absolute Gasteiger partial charge is 0.471 e. The number of rotatable bonds is 2. The Balaban J connectivity index is 2.08. The van der Waals surface area contributed by atoms with E-state index in [-0.39, 0.29) is 19.0 Å². The Morgan fingerprint density at radius 1 is 1.24 bits per heavy atom. The Kier molecular flexibility index (Phi) is 4.43. The van der Waals surface area contributed by atoms with E-state index >= 15 is 0 Å². The quantitative estimate of drug-likeness (QED) is 0.622. The first kappa shape index (κ1) is 15.3. The smallest absolute Gasteiger partial charge is 0.335 e. The fourth-order valence-corrected chi connectivity index (χ4v) is 2.56. The molecule has 0 atom stereocenters. The van der Waals surface area contributed by atoms with Gasteiger partial charge in [-0.1, -0.05) is 18.2 Å². The van der Waals surface area contributed by atoms with Crippen molar-refractivity contribution in [2.45, 2.75) is 24.9 Å². The minimum Gasteiger partial charge on any atom is -0.335 e. The van der Waals surface area contributed by atoms with Gasteiger partial charge in [0.2, 0.25) is 6.08 Å². The molecule has 1 aromatic carbocycles. The first-order valence-corrected chi connectivity index (χ1v) is 6.46. The van der Waals surface area contributed by atoms with Crippen LogP contribution in [0.15, 0.2) is 29.3 Å². The van der Waals surface area contributed by atoms with Gasteiger partial charge in [-0.05, 0) is 30.4 Å². The van der Waals surface area contributed by atoms with Crippen LogP contribution in [0.2, 0.25) is 0 Å². The monoisotopic (exact) mass is 298 g/mol. The molecule has 4 nitrogen and oxygen atoms in total. The second-order valence-corrected chi connectivity index (χ2v) is 4.83. The molecular weight excluding hydrogens is 285 g/mol.